The minimum absolute atomic E-state index is 0.0870. The molecule has 5 aliphatic rings. The van der Waals surface area contributed by atoms with Crippen LogP contribution < -0.4 is 0 Å². The van der Waals surface area contributed by atoms with Crippen LogP contribution in [-0.4, -0.2) is 50.2 Å². The molecule has 0 atom stereocenters. The van der Waals surface area contributed by atoms with Gasteiger partial charge < -0.3 is 4.90 Å². The second-order valence-corrected chi connectivity index (χ2v) is 13.1. The number of hydrogen-bond donors (Lipinski definition) is 0. The largest absolute Gasteiger partial charge is 0.341 e. The maximum absolute atomic E-state index is 13.4. The maximum Gasteiger partial charge on any atom is 0.254 e. The second-order valence-electron chi connectivity index (χ2n) is 10.3. The summed E-state index contributed by atoms with van der Waals surface area (Å²) in [5, 5.41) is 0. The topological polar surface area (TPSA) is 57.7 Å². The molecule has 30 heavy (non-hydrogen) atoms. The second kappa shape index (κ2) is 7.59. The summed E-state index contributed by atoms with van der Waals surface area (Å²) in [4.78, 5) is 15.4. The van der Waals surface area contributed by atoms with Crippen LogP contribution >= 0.6 is 15.9 Å². The zero-order valence-corrected chi connectivity index (χ0v) is 20.1. The van der Waals surface area contributed by atoms with Gasteiger partial charge in [0.15, 0.2) is 0 Å². The monoisotopic (exact) mass is 494 g/mol. The molecule has 4 bridgehead atoms. The lowest BCUT2D eigenvalue weighted by Crippen LogP contribution is -2.51. The van der Waals surface area contributed by atoms with Crippen LogP contribution in [0, 0.1) is 23.2 Å². The van der Waals surface area contributed by atoms with Gasteiger partial charge in [-0.3, -0.25) is 4.79 Å². The Balaban J connectivity index is 1.37. The van der Waals surface area contributed by atoms with E-state index in [1.165, 1.54) is 42.8 Å². The predicted molar refractivity (Wildman–Crippen MR) is 120 cm³/mol. The van der Waals surface area contributed by atoms with Crippen LogP contribution in [0.2, 0.25) is 0 Å². The van der Waals surface area contributed by atoms with Gasteiger partial charge >= 0.3 is 0 Å². The lowest BCUT2D eigenvalue weighted by atomic mass is 9.49. The van der Waals surface area contributed by atoms with Crippen LogP contribution in [0.4, 0.5) is 0 Å². The Morgan fingerprint density at radius 1 is 1.10 bits per heavy atom. The summed E-state index contributed by atoms with van der Waals surface area (Å²) in [5.41, 5.74) is 0.715. The van der Waals surface area contributed by atoms with Crippen molar-refractivity contribution in [2.24, 2.45) is 23.2 Å². The lowest BCUT2D eigenvalue weighted by molar-refractivity contribution is -0.0629. The van der Waals surface area contributed by atoms with Crippen LogP contribution in [0.3, 0.4) is 0 Å². The van der Waals surface area contributed by atoms with Crippen molar-refractivity contribution in [2.75, 3.05) is 26.7 Å². The van der Waals surface area contributed by atoms with Crippen molar-refractivity contribution in [2.45, 2.75) is 56.3 Å². The average molecular weight is 495 g/mol. The average Bonchev–Trinajstić information content (AvgIpc) is 3.22. The number of carbonyl (C=O) groups excluding carboxylic acids is 1. The number of hydrogen-bond acceptors (Lipinski definition) is 3. The Morgan fingerprint density at radius 2 is 1.67 bits per heavy atom. The Bertz CT molecular complexity index is 920. The van der Waals surface area contributed by atoms with E-state index in [1.807, 2.05) is 11.9 Å². The molecule has 1 heterocycles. The number of sulfonamides is 1. The first kappa shape index (κ1) is 21.0. The third-order valence-corrected chi connectivity index (χ3v) is 10.5. The van der Waals surface area contributed by atoms with E-state index >= 15 is 0 Å². The predicted octanol–water partition coefficient (Wildman–Crippen LogP) is 4.52. The first-order chi connectivity index (χ1) is 14.3. The van der Waals surface area contributed by atoms with Crippen molar-refractivity contribution in [3.63, 3.8) is 0 Å². The van der Waals surface area contributed by atoms with E-state index in [-0.39, 0.29) is 16.2 Å². The Morgan fingerprint density at radius 3 is 2.23 bits per heavy atom. The molecule has 7 heteroatoms. The molecular weight excluding hydrogens is 464 g/mol. The summed E-state index contributed by atoms with van der Waals surface area (Å²) in [7, 11) is -1.66. The molecule has 1 aromatic rings. The summed E-state index contributed by atoms with van der Waals surface area (Å²) in [6, 6.07) is 4.87. The quantitative estimate of drug-likeness (QED) is 0.604. The Kier molecular flexibility index (Phi) is 5.30. The molecule has 164 valence electrons. The van der Waals surface area contributed by atoms with Gasteiger partial charge in [-0.15, -0.1) is 0 Å². The number of amides is 1. The molecule has 0 N–H and O–H groups in total. The SMILES string of the molecule is CN(CC12CC3CC(CC(C3)C1)C2)C(=O)c1cc(S(=O)(=O)N2CCCC2)ccc1Br. The molecule has 1 saturated heterocycles. The number of nitrogens with zero attached hydrogens (tertiary/aromatic N) is 2. The van der Waals surface area contributed by atoms with E-state index in [0.717, 1.165) is 37.1 Å². The molecule has 6 rings (SSSR count). The fourth-order valence-corrected chi connectivity index (χ4v) is 9.13. The first-order valence-electron chi connectivity index (χ1n) is 11.3. The molecule has 1 aliphatic heterocycles. The molecule has 0 aromatic heterocycles. The molecule has 0 unspecified atom stereocenters. The van der Waals surface area contributed by atoms with Gasteiger partial charge in [-0.2, -0.15) is 4.31 Å². The molecule has 1 amide bonds. The van der Waals surface area contributed by atoms with Gasteiger partial charge in [0.25, 0.3) is 5.91 Å². The fourth-order valence-electron chi connectivity index (χ4n) is 7.17. The summed E-state index contributed by atoms with van der Waals surface area (Å²) >= 11 is 3.49. The highest BCUT2D eigenvalue weighted by atomic mass is 79.9. The molecular formula is C23H31BrN2O3S. The molecule has 0 spiro atoms. The Hall–Kier alpha value is -0.920. The van der Waals surface area contributed by atoms with E-state index in [1.54, 1.807) is 18.2 Å². The van der Waals surface area contributed by atoms with E-state index in [2.05, 4.69) is 15.9 Å². The van der Waals surface area contributed by atoms with Crippen LogP contribution in [-0.2, 0) is 10.0 Å². The van der Waals surface area contributed by atoms with Crippen molar-refractivity contribution in [1.82, 2.24) is 9.21 Å². The molecule has 4 saturated carbocycles. The normalized spacial score (nSPS) is 33.2. The van der Waals surface area contributed by atoms with E-state index in [9.17, 15) is 13.2 Å². The van der Waals surface area contributed by atoms with Crippen LogP contribution in [0.5, 0.6) is 0 Å². The van der Waals surface area contributed by atoms with Gasteiger partial charge in [-0.1, -0.05) is 0 Å². The zero-order chi connectivity index (χ0) is 21.1. The minimum Gasteiger partial charge on any atom is -0.341 e. The highest BCUT2D eigenvalue weighted by Gasteiger charge is 2.51. The standard InChI is InChI=1S/C23H31BrN2O3S/c1-25(15-23-12-16-8-17(13-23)10-18(9-16)14-23)22(27)20-11-19(4-5-21(20)24)30(28,29)26-6-2-3-7-26/h4-5,11,16-18H,2-3,6-10,12-15H2,1H3. The van der Waals surface area contributed by atoms with Gasteiger partial charge in [-0.25, -0.2) is 8.42 Å². The van der Waals surface area contributed by atoms with Crippen molar-refractivity contribution in [3.8, 4) is 0 Å². The summed E-state index contributed by atoms with van der Waals surface area (Å²) in [6.45, 7) is 1.91. The van der Waals surface area contributed by atoms with E-state index in [4.69, 9.17) is 0 Å². The van der Waals surface area contributed by atoms with E-state index < -0.39 is 10.0 Å². The highest BCUT2D eigenvalue weighted by Crippen LogP contribution is 2.60. The van der Waals surface area contributed by atoms with Gasteiger partial charge in [0.05, 0.1) is 10.5 Å². The molecule has 5 nitrogen and oxygen atoms in total. The van der Waals surface area contributed by atoms with Gasteiger partial charge in [0.1, 0.15) is 0 Å². The number of benzene rings is 1. The lowest BCUT2D eigenvalue weighted by Gasteiger charge is -2.57. The zero-order valence-electron chi connectivity index (χ0n) is 17.6. The number of carbonyl (C=O) groups is 1. The fraction of sp³-hybridized carbons (Fsp3) is 0.696. The summed E-state index contributed by atoms with van der Waals surface area (Å²) in [6.07, 6.45) is 9.71. The highest BCUT2D eigenvalue weighted by molar-refractivity contribution is 9.10. The van der Waals surface area contributed by atoms with Crippen LogP contribution in [0.15, 0.2) is 27.6 Å². The summed E-state index contributed by atoms with van der Waals surface area (Å²) in [5.74, 6) is 2.46. The third kappa shape index (κ3) is 3.65. The molecule has 5 fully saturated rings. The smallest absolute Gasteiger partial charge is 0.254 e. The van der Waals surface area contributed by atoms with Crippen molar-refractivity contribution >= 4 is 31.9 Å². The first-order valence-corrected chi connectivity index (χ1v) is 13.5. The maximum atomic E-state index is 13.4. The van der Waals surface area contributed by atoms with Crippen LogP contribution in [0.25, 0.3) is 0 Å². The van der Waals surface area contributed by atoms with E-state index in [0.29, 0.717) is 23.1 Å². The number of halogens is 1. The van der Waals surface area contributed by atoms with Crippen LogP contribution in [0.1, 0.15) is 61.7 Å². The molecule has 1 aromatic carbocycles. The molecule has 4 aliphatic carbocycles. The van der Waals surface area contributed by atoms with Gasteiger partial charge in [0.2, 0.25) is 10.0 Å². The number of rotatable bonds is 5. The molecule has 0 radical (unpaired) electrons. The van der Waals surface area contributed by atoms with Gasteiger partial charge in [0, 0.05) is 31.2 Å². The van der Waals surface area contributed by atoms with Crippen molar-refractivity contribution in [3.05, 3.63) is 28.2 Å². The van der Waals surface area contributed by atoms with Crippen molar-refractivity contribution in [1.29, 1.82) is 0 Å². The van der Waals surface area contributed by atoms with Gasteiger partial charge in [-0.05, 0) is 109 Å². The minimum atomic E-state index is -3.54. The summed E-state index contributed by atoms with van der Waals surface area (Å²) < 4.78 is 28.1. The third-order valence-electron chi connectivity index (χ3n) is 7.96. The van der Waals surface area contributed by atoms with Crippen molar-refractivity contribution < 1.29 is 13.2 Å². The Labute approximate surface area is 188 Å².